The smallest absolute Gasteiger partial charge is 0.357 e. The van der Waals surface area contributed by atoms with Gasteiger partial charge in [0.15, 0.2) is 5.69 Å². The first-order chi connectivity index (χ1) is 11.5. The molecule has 0 spiro atoms. The number of hydrogen-bond acceptors (Lipinski definition) is 6. The molecule has 0 radical (unpaired) electrons. The van der Waals surface area contributed by atoms with Gasteiger partial charge < -0.3 is 15.0 Å². The predicted molar refractivity (Wildman–Crippen MR) is 88.9 cm³/mol. The van der Waals surface area contributed by atoms with E-state index in [2.05, 4.69) is 26.0 Å². The Kier molecular flexibility index (Phi) is 4.05. The SMILES string of the molecule is COC(=O)c1c(N)c(C#N)cn1-c1ccc(-n2cnc(Br)n2)cc1. The zero-order valence-corrected chi connectivity index (χ0v) is 14.1. The van der Waals surface area contributed by atoms with Crippen LogP contribution in [-0.4, -0.2) is 32.4 Å². The maximum absolute atomic E-state index is 12.0. The molecule has 0 saturated heterocycles. The van der Waals surface area contributed by atoms with E-state index < -0.39 is 5.97 Å². The minimum Gasteiger partial charge on any atom is -0.464 e. The van der Waals surface area contributed by atoms with E-state index in [4.69, 9.17) is 15.7 Å². The average molecular weight is 387 g/mol. The summed E-state index contributed by atoms with van der Waals surface area (Å²) in [5, 5.41) is 13.3. The van der Waals surface area contributed by atoms with Crippen molar-refractivity contribution in [2.24, 2.45) is 0 Å². The molecule has 0 aliphatic heterocycles. The minimum atomic E-state index is -0.613. The fourth-order valence-electron chi connectivity index (χ4n) is 2.25. The van der Waals surface area contributed by atoms with Crippen molar-refractivity contribution in [1.29, 1.82) is 5.26 Å². The Bertz CT molecular complexity index is 951. The normalized spacial score (nSPS) is 10.4. The number of carbonyl (C=O) groups excluding carboxylic acids is 1. The molecule has 120 valence electrons. The zero-order valence-electron chi connectivity index (χ0n) is 12.5. The summed E-state index contributed by atoms with van der Waals surface area (Å²) in [6.07, 6.45) is 3.07. The molecule has 0 fully saturated rings. The third-order valence-electron chi connectivity index (χ3n) is 3.40. The molecule has 9 heteroatoms. The number of rotatable bonds is 3. The van der Waals surface area contributed by atoms with Gasteiger partial charge >= 0.3 is 5.97 Å². The highest BCUT2D eigenvalue weighted by atomic mass is 79.9. The highest BCUT2D eigenvalue weighted by Gasteiger charge is 2.21. The summed E-state index contributed by atoms with van der Waals surface area (Å²) in [6.45, 7) is 0. The number of methoxy groups -OCH3 is 1. The van der Waals surface area contributed by atoms with Gasteiger partial charge in [0.05, 0.1) is 24.0 Å². The number of nitrogens with two attached hydrogens (primary N) is 1. The molecular weight excluding hydrogens is 376 g/mol. The van der Waals surface area contributed by atoms with Crippen molar-refractivity contribution in [1.82, 2.24) is 19.3 Å². The van der Waals surface area contributed by atoms with Crippen LogP contribution in [-0.2, 0) is 4.74 Å². The van der Waals surface area contributed by atoms with Crippen LogP contribution in [0.4, 0.5) is 5.69 Å². The molecule has 24 heavy (non-hydrogen) atoms. The van der Waals surface area contributed by atoms with Crippen LogP contribution in [0.1, 0.15) is 16.1 Å². The number of halogens is 1. The van der Waals surface area contributed by atoms with Gasteiger partial charge in [0.25, 0.3) is 0 Å². The van der Waals surface area contributed by atoms with Crippen molar-refractivity contribution in [3.05, 3.63) is 52.8 Å². The van der Waals surface area contributed by atoms with Crippen molar-refractivity contribution in [2.45, 2.75) is 0 Å². The number of aromatic nitrogens is 4. The summed E-state index contributed by atoms with van der Waals surface area (Å²) in [7, 11) is 1.26. The lowest BCUT2D eigenvalue weighted by molar-refractivity contribution is 0.0593. The number of hydrogen-bond donors (Lipinski definition) is 1. The Labute approximate surface area is 145 Å². The highest BCUT2D eigenvalue weighted by molar-refractivity contribution is 9.10. The Morgan fingerprint density at radius 2 is 2.00 bits per heavy atom. The Hall–Kier alpha value is -3.12. The van der Waals surface area contributed by atoms with Crippen LogP contribution >= 0.6 is 15.9 Å². The zero-order chi connectivity index (χ0) is 17.3. The lowest BCUT2D eigenvalue weighted by atomic mass is 10.2. The summed E-state index contributed by atoms with van der Waals surface area (Å²) in [4.78, 5) is 16.0. The van der Waals surface area contributed by atoms with Crippen LogP contribution in [0, 0.1) is 11.3 Å². The lowest BCUT2D eigenvalue weighted by Crippen LogP contribution is -2.11. The van der Waals surface area contributed by atoms with Crippen LogP contribution in [0.25, 0.3) is 11.4 Å². The van der Waals surface area contributed by atoms with Gasteiger partial charge in [-0.1, -0.05) is 0 Å². The molecule has 0 bridgehead atoms. The Morgan fingerprint density at radius 1 is 1.33 bits per heavy atom. The van der Waals surface area contributed by atoms with Gasteiger partial charge in [-0.25, -0.2) is 14.5 Å². The monoisotopic (exact) mass is 386 g/mol. The number of carbonyl (C=O) groups is 1. The van der Waals surface area contributed by atoms with Gasteiger partial charge in [-0.15, -0.1) is 5.10 Å². The van der Waals surface area contributed by atoms with Gasteiger partial charge in [0.2, 0.25) is 4.73 Å². The van der Waals surface area contributed by atoms with E-state index in [1.807, 2.05) is 6.07 Å². The first-order valence-electron chi connectivity index (χ1n) is 6.72. The van der Waals surface area contributed by atoms with Gasteiger partial charge in [-0.2, -0.15) is 5.26 Å². The topological polar surface area (TPSA) is 112 Å². The fraction of sp³-hybridized carbons (Fsp3) is 0.0667. The first kappa shape index (κ1) is 15.8. The molecule has 2 N–H and O–H groups in total. The third-order valence-corrected chi connectivity index (χ3v) is 3.76. The van der Waals surface area contributed by atoms with Crippen molar-refractivity contribution >= 4 is 27.6 Å². The fourth-order valence-corrected chi connectivity index (χ4v) is 2.51. The van der Waals surface area contributed by atoms with E-state index in [0.717, 1.165) is 5.69 Å². The molecule has 0 aliphatic carbocycles. The summed E-state index contributed by atoms with van der Waals surface area (Å²) >= 11 is 3.19. The summed E-state index contributed by atoms with van der Waals surface area (Å²) in [5.41, 5.74) is 7.74. The van der Waals surface area contributed by atoms with Crippen LogP contribution in [0.3, 0.4) is 0 Å². The number of nitrogen functional groups attached to an aromatic ring is 1. The minimum absolute atomic E-state index is 0.0913. The number of esters is 1. The van der Waals surface area contributed by atoms with E-state index in [-0.39, 0.29) is 16.9 Å². The number of benzene rings is 1. The highest BCUT2D eigenvalue weighted by Crippen LogP contribution is 2.25. The van der Waals surface area contributed by atoms with Crippen LogP contribution in [0.5, 0.6) is 0 Å². The van der Waals surface area contributed by atoms with Crippen molar-refractivity contribution in [2.75, 3.05) is 12.8 Å². The molecule has 0 amide bonds. The molecule has 0 saturated carbocycles. The Balaban J connectivity index is 2.06. The van der Waals surface area contributed by atoms with E-state index in [9.17, 15) is 4.79 Å². The predicted octanol–water partition coefficient (Wildman–Crippen LogP) is 2.06. The summed E-state index contributed by atoms with van der Waals surface area (Å²) in [5.74, 6) is -0.613. The van der Waals surface area contributed by atoms with Crippen molar-refractivity contribution in [3.63, 3.8) is 0 Å². The number of nitriles is 1. The second-order valence-electron chi connectivity index (χ2n) is 4.75. The van der Waals surface area contributed by atoms with Crippen LogP contribution in [0.15, 0.2) is 41.5 Å². The largest absolute Gasteiger partial charge is 0.464 e. The van der Waals surface area contributed by atoms with Gasteiger partial charge in [0.1, 0.15) is 12.4 Å². The molecule has 3 rings (SSSR count). The Morgan fingerprint density at radius 3 is 2.54 bits per heavy atom. The number of anilines is 1. The van der Waals surface area contributed by atoms with Crippen molar-refractivity contribution in [3.8, 4) is 17.4 Å². The second-order valence-corrected chi connectivity index (χ2v) is 5.46. The van der Waals surface area contributed by atoms with Crippen molar-refractivity contribution < 1.29 is 9.53 Å². The number of ether oxygens (including phenoxy) is 1. The quantitative estimate of drug-likeness (QED) is 0.689. The lowest BCUT2D eigenvalue weighted by Gasteiger charge is -2.09. The molecule has 2 aromatic heterocycles. The molecule has 8 nitrogen and oxygen atoms in total. The third kappa shape index (κ3) is 2.63. The number of nitrogens with zero attached hydrogens (tertiary/aromatic N) is 5. The maximum Gasteiger partial charge on any atom is 0.357 e. The molecule has 0 atom stereocenters. The maximum atomic E-state index is 12.0. The van der Waals surface area contributed by atoms with Gasteiger partial charge in [-0.05, 0) is 40.2 Å². The average Bonchev–Trinajstić information content (AvgIpc) is 3.17. The van der Waals surface area contributed by atoms with Crippen LogP contribution < -0.4 is 5.73 Å². The first-order valence-corrected chi connectivity index (χ1v) is 7.51. The molecule has 1 aromatic carbocycles. The summed E-state index contributed by atoms with van der Waals surface area (Å²) in [6, 6.07) is 9.13. The van der Waals surface area contributed by atoms with E-state index >= 15 is 0 Å². The van der Waals surface area contributed by atoms with Crippen LogP contribution in [0.2, 0.25) is 0 Å². The summed E-state index contributed by atoms with van der Waals surface area (Å²) < 4.78 is 8.36. The molecule has 3 aromatic rings. The van der Waals surface area contributed by atoms with Gasteiger partial charge in [0, 0.05) is 11.9 Å². The van der Waals surface area contributed by atoms with E-state index in [1.165, 1.54) is 17.9 Å². The van der Waals surface area contributed by atoms with Gasteiger partial charge in [-0.3, -0.25) is 0 Å². The standard InChI is InChI=1S/C15H11BrN6O2/c1-24-14(23)13-12(18)9(6-17)7-21(13)10-2-4-11(5-3-10)22-8-19-15(16)20-22/h2-5,7-8H,18H2,1H3. The second kappa shape index (κ2) is 6.17. The van der Waals surface area contributed by atoms with E-state index in [0.29, 0.717) is 10.4 Å². The molecule has 0 aliphatic rings. The molecular formula is C15H11BrN6O2. The molecule has 0 unspecified atom stereocenters. The molecule has 2 heterocycles. The van der Waals surface area contributed by atoms with E-state index in [1.54, 1.807) is 35.3 Å².